The van der Waals surface area contributed by atoms with Gasteiger partial charge in [-0.05, 0) is 20.8 Å². The van der Waals surface area contributed by atoms with Gasteiger partial charge in [0.2, 0.25) is 6.41 Å². The van der Waals surface area contributed by atoms with Gasteiger partial charge in [0.05, 0.1) is 4.87 Å². The maximum atomic E-state index is 11.8. The predicted octanol–water partition coefficient (Wildman–Crippen LogP) is 0.832. The van der Waals surface area contributed by atoms with Gasteiger partial charge in [-0.25, -0.2) is 4.79 Å². The number of rotatable bonds is 4. The lowest BCUT2D eigenvalue weighted by Gasteiger charge is -2.30. The molecule has 0 aromatic rings. The van der Waals surface area contributed by atoms with Gasteiger partial charge in [-0.15, -0.1) is 11.8 Å². The van der Waals surface area contributed by atoms with Crippen LogP contribution >= 0.6 is 11.8 Å². The molecule has 5 nitrogen and oxygen atoms in total. The fraction of sp³-hybridized carbons (Fsp3) is 0.800. The van der Waals surface area contributed by atoms with Crippen LogP contribution in [0.2, 0.25) is 0 Å². The molecule has 1 aliphatic heterocycles. The van der Waals surface area contributed by atoms with E-state index < -0.39 is 18.3 Å². The Labute approximate surface area is 99.5 Å². The second-order valence-corrected chi connectivity index (χ2v) is 5.65. The summed E-state index contributed by atoms with van der Waals surface area (Å²) in [5, 5.41) is 0. The zero-order valence-electron chi connectivity index (χ0n) is 9.93. The quantitative estimate of drug-likeness (QED) is 0.418. The van der Waals surface area contributed by atoms with Crippen LogP contribution in [0, 0.1) is 0 Å². The van der Waals surface area contributed by atoms with Crippen LogP contribution in [-0.2, 0) is 19.1 Å². The molecule has 0 bridgehead atoms. The highest BCUT2D eigenvalue weighted by atomic mass is 32.2. The van der Waals surface area contributed by atoms with Gasteiger partial charge in [0, 0.05) is 12.9 Å². The first kappa shape index (κ1) is 13.3. The lowest BCUT2D eigenvalue weighted by atomic mass is 10.2. The van der Waals surface area contributed by atoms with Crippen molar-refractivity contribution in [3.63, 3.8) is 0 Å². The summed E-state index contributed by atoms with van der Waals surface area (Å²) in [5.41, 5.74) is 0. The Kier molecular flexibility index (Phi) is 4.21. The van der Waals surface area contributed by atoms with Crippen molar-refractivity contribution in [1.82, 2.24) is 4.90 Å². The molecule has 1 fully saturated rings. The minimum atomic E-state index is -0.588. The van der Waals surface area contributed by atoms with E-state index in [4.69, 9.17) is 9.47 Å². The third kappa shape index (κ3) is 2.68. The summed E-state index contributed by atoms with van der Waals surface area (Å²) in [6, 6.07) is -0.518. The Balaban J connectivity index is 2.67. The van der Waals surface area contributed by atoms with Crippen LogP contribution in [0.15, 0.2) is 0 Å². The van der Waals surface area contributed by atoms with E-state index in [0.717, 1.165) is 0 Å². The molecule has 1 amide bonds. The van der Waals surface area contributed by atoms with Gasteiger partial charge in [0.25, 0.3) is 0 Å². The predicted molar refractivity (Wildman–Crippen MR) is 60.8 cm³/mol. The summed E-state index contributed by atoms with van der Waals surface area (Å²) in [6.07, 6.45) is 0.110. The van der Waals surface area contributed by atoms with E-state index in [1.165, 1.54) is 12.0 Å². The van der Waals surface area contributed by atoms with Gasteiger partial charge >= 0.3 is 5.97 Å². The molecule has 0 radical (unpaired) electrons. The molecule has 1 saturated heterocycles. The maximum Gasteiger partial charge on any atom is 0.332 e. The molecule has 1 aliphatic rings. The maximum absolute atomic E-state index is 11.8. The lowest BCUT2D eigenvalue weighted by Crippen LogP contribution is -2.46. The van der Waals surface area contributed by atoms with Crippen LogP contribution in [0.3, 0.4) is 0 Å². The fourth-order valence-corrected chi connectivity index (χ4v) is 2.67. The monoisotopic (exact) mass is 247 g/mol. The van der Waals surface area contributed by atoms with Crippen molar-refractivity contribution < 1.29 is 19.1 Å². The number of thioether (sulfide) groups is 1. The summed E-state index contributed by atoms with van der Waals surface area (Å²) in [7, 11) is 1.46. The van der Waals surface area contributed by atoms with E-state index in [0.29, 0.717) is 12.2 Å². The molecule has 0 aromatic carbocycles. The molecular formula is C10H17NO4S. The van der Waals surface area contributed by atoms with Crippen molar-refractivity contribution in [3.05, 3.63) is 0 Å². The Morgan fingerprint density at radius 3 is 2.75 bits per heavy atom. The molecule has 0 N–H and O–H groups in total. The molecular weight excluding hydrogens is 230 g/mol. The first-order chi connectivity index (χ1) is 7.42. The van der Waals surface area contributed by atoms with Crippen molar-refractivity contribution >= 4 is 24.1 Å². The van der Waals surface area contributed by atoms with Crippen LogP contribution in [0.5, 0.6) is 0 Å². The SMILES string of the molecule is COC(C)OC(=O)C1CSC(C)(C)N1C=O. The highest BCUT2D eigenvalue weighted by Gasteiger charge is 2.44. The van der Waals surface area contributed by atoms with E-state index in [1.54, 1.807) is 18.7 Å². The Hall–Kier alpha value is -0.750. The van der Waals surface area contributed by atoms with E-state index in [1.807, 2.05) is 13.8 Å². The van der Waals surface area contributed by atoms with E-state index in [9.17, 15) is 9.59 Å². The molecule has 1 heterocycles. The van der Waals surface area contributed by atoms with E-state index >= 15 is 0 Å². The molecule has 6 heteroatoms. The van der Waals surface area contributed by atoms with Gasteiger partial charge in [-0.2, -0.15) is 0 Å². The Bertz CT molecular complexity index is 282. The zero-order chi connectivity index (χ0) is 12.3. The summed E-state index contributed by atoms with van der Waals surface area (Å²) in [6.45, 7) is 5.44. The van der Waals surface area contributed by atoms with E-state index in [2.05, 4.69) is 0 Å². The average molecular weight is 247 g/mol. The van der Waals surface area contributed by atoms with Crippen molar-refractivity contribution in [2.75, 3.05) is 12.9 Å². The van der Waals surface area contributed by atoms with Crippen molar-refractivity contribution in [2.24, 2.45) is 0 Å². The Morgan fingerprint density at radius 1 is 1.62 bits per heavy atom. The highest BCUT2D eigenvalue weighted by molar-refractivity contribution is 8.00. The van der Waals surface area contributed by atoms with Gasteiger partial charge in [-0.1, -0.05) is 0 Å². The summed E-state index contributed by atoms with van der Waals surface area (Å²) < 4.78 is 9.88. The molecule has 2 unspecified atom stereocenters. The van der Waals surface area contributed by atoms with Gasteiger partial charge in [-0.3, -0.25) is 4.79 Å². The standard InChI is InChI=1S/C10H17NO4S/c1-7(14-4)15-9(13)8-5-16-10(2,3)11(8)6-12/h6-8H,5H2,1-4H3. The molecule has 0 aromatic heterocycles. The molecule has 0 saturated carbocycles. The topological polar surface area (TPSA) is 55.8 Å². The summed E-state index contributed by atoms with van der Waals surface area (Å²) >= 11 is 1.56. The highest BCUT2D eigenvalue weighted by Crippen LogP contribution is 2.37. The van der Waals surface area contributed by atoms with E-state index in [-0.39, 0.29) is 4.87 Å². The molecule has 0 spiro atoms. The molecule has 0 aliphatic carbocycles. The van der Waals surface area contributed by atoms with Crippen molar-refractivity contribution in [2.45, 2.75) is 38.0 Å². The number of carbonyl (C=O) groups excluding carboxylic acids is 2. The second kappa shape index (κ2) is 5.05. The number of esters is 1. The van der Waals surface area contributed by atoms with Crippen molar-refractivity contribution in [1.29, 1.82) is 0 Å². The smallest absolute Gasteiger partial charge is 0.332 e. The fourth-order valence-electron chi connectivity index (χ4n) is 1.49. The number of amides is 1. The average Bonchev–Trinajstić information content (AvgIpc) is 2.53. The van der Waals surface area contributed by atoms with Crippen LogP contribution in [-0.4, -0.2) is 47.3 Å². The number of ether oxygens (including phenoxy) is 2. The number of carbonyl (C=O) groups is 2. The van der Waals surface area contributed by atoms with Crippen LogP contribution < -0.4 is 0 Å². The first-order valence-corrected chi connectivity index (χ1v) is 6.02. The number of nitrogens with zero attached hydrogens (tertiary/aromatic N) is 1. The lowest BCUT2D eigenvalue weighted by molar-refractivity contribution is -0.176. The third-order valence-corrected chi connectivity index (χ3v) is 3.95. The van der Waals surface area contributed by atoms with Crippen LogP contribution in [0.4, 0.5) is 0 Å². The van der Waals surface area contributed by atoms with Crippen LogP contribution in [0.25, 0.3) is 0 Å². The first-order valence-electron chi connectivity index (χ1n) is 5.03. The minimum absolute atomic E-state index is 0.359. The van der Waals surface area contributed by atoms with Crippen LogP contribution in [0.1, 0.15) is 20.8 Å². The number of hydrogen-bond donors (Lipinski definition) is 0. The third-order valence-electron chi connectivity index (χ3n) is 2.55. The molecule has 92 valence electrons. The number of methoxy groups -OCH3 is 1. The molecule has 16 heavy (non-hydrogen) atoms. The van der Waals surface area contributed by atoms with Gasteiger partial charge in [0.15, 0.2) is 6.29 Å². The van der Waals surface area contributed by atoms with Crippen molar-refractivity contribution in [3.8, 4) is 0 Å². The second-order valence-electron chi connectivity index (χ2n) is 4.03. The molecule has 1 rings (SSSR count). The number of hydrogen-bond acceptors (Lipinski definition) is 5. The normalized spacial score (nSPS) is 25.2. The summed E-state index contributed by atoms with van der Waals surface area (Å²) in [5.74, 6) is 0.139. The van der Waals surface area contributed by atoms with Gasteiger partial charge in [0.1, 0.15) is 6.04 Å². The van der Waals surface area contributed by atoms with Gasteiger partial charge < -0.3 is 14.4 Å². The Morgan fingerprint density at radius 2 is 2.25 bits per heavy atom. The minimum Gasteiger partial charge on any atom is -0.435 e. The summed E-state index contributed by atoms with van der Waals surface area (Å²) in [4.78, 5) is 23.9. The molecule has 2 atom stereocenters. The largest absolute Gasteiger partial charge is 0.435 e. The zero-order valence-corrected chi connectivity index (χ0v) is 10.7.